The largest absolute Gasteiger partial charge is 0.467 e. The lowest BCUT2D eigenvalue weighted by molar-refractivity contribution is -0.128. The molecule has 10 heteroatoms. The molecule has 1 N–H and O–H groups in total. The Morgan fingerprint density at radius 2 is 1.65 bits per heavy atom. The summed E-state index contributed by atoms with van der Waals surface area (Å²) in [6.07, 6.45) is 12.6. The zero-order valence-corrected chi connectivity index (χ0v) is 24.2. The van der Waals surface area contributed by atoms with Gasteiger partial charge < -0.3 is 9.73 Å². The van der Waals surface area contributed by atoms with Gasteiger partial charge in [0.05, 0.1) is 11.8 Å². The van der Waals surface area contributed by atoms with E-state index in [4.69, 9.17) is 4.42 Å². The fourth-order valence-electron chi connectivity index (χ4n) is 6.39. The van der Waals surface area contributed by atoms with E-state index in [2.05, 4.69) is 32.9 Å². The highest BCUT2D eigenvalue weighted by molar-refractivity contribution is 6.01. The number of hydrogen-bond donors (Lipinski definition) is 1. The van der Waals surface area contributed by atoms with Gasteiger partial charge in [0, 0.05) is 11.7 Å². The van der Waals surface area contributed by atoms with Gasteiger partial charge in [-0.2, -0.15) is 4.80 Å². The number of hydrogen-bond acceptors (Lipinski definition) is 6. The van der Waals surface area contributed by atoms with Gasteiger partial charge in [0.15, 0.2) is 6.04 Å². The second kappa shape index (κ2) is 13.3. The summed E-state index contributed by atoms with van der Waals surface area (Å²) in [5.41, 5.74) is 2.00. The van der Waals surface area contributed by atoms with Gasteiger partial charge in [0.25, 0.3) is 11.8 Å². The van der Waals surface area contributed by atoms with Crippen LogP contribution in [0.25, 0.3) is 11.4 Å². The van der Waals surface area contributed by atoms with Gasteiger partial charge in [-0.1, -0.05) is 62.8 Å². The van der Waals surface area contributed by atoms with E-state index in [9.17, 15) is 14.0 Å². The maximum Gasteiger partial charge on any atom is 0.251 e. The molecule has 1 atom stereocenters. The summed E-state index contributed by atoms with van der Waals surface area (Å²) in [6.45, 7) is -0.306. The second-order valence-electron chi connectivity index (χ2n) is 11.6. The van der Waals surface area contributed by atoms with Crippen LogP contribution in [0.15, 0.2) is 71.3 Å². The zero-order chi connectivity index (χ0) is 29.6. The number of carbonyl (C=O) groups is 2. The highest BCUT2D eigenvalue weighted by atomic mass is 19.1. The Balaban J connectivity index is 1.32. The Morgan fingerprint density at radius 3 is 2.35 bits per heavy atom. The number of anilines is 1. The van der Waals surface area contributed by atoms with E-state index in [1.54, 1.807) is 30.3 Å². The average molecular weight is 585 g/mol. The van der Waals surface area contributed by atoms with E-state index >= 15 is 0 Å². The van der Waals surface area contributed by atoms with Crippen molar-refractivity contribution in [2.45, 2.75) is 88.8 Å². The van der Waals surface area contributed by atoms with Crippen molar-refractivity contribution >= 4 is 17.5 Å². The molecule has 9 nitrogen and oxygen atoms in total. The summed E-state index contributed by atoms with van der Waals surface area (Å²) in [6, 6.07) is 16.5. The van der Waals surface area contributed by atoms with Crippen LogP contribution < -0.4 is 10.2 Å². The summed E-state index contributed by atoms with van der Waals surface area (Å²) >= 11 is 0. The van der Waals surface area contributed by atoms with E-state index < -0.39 is 17.8 Å². The van der Waals surface area contributed by atoms with E-state index in [1.165, 1.54) is 42.1 Å². The molecule has 2 fully saturated rings. The van der Waals surface area contributed by atoms with Crippen molar-refractivity contribution < 1.29 is 18.4 Å². The van der Waals surface area contributed by atoms with Gasteiger partial charge in [-0.05, 0) is 78.8 Å². The minimum absolute atomic E-state index is 0.0460. The lowest BCUT2D eigenvalue weighted by atomic mass is 9.84. The number of tetrazole rings is 1. The third kappa shape index (κ3) is 6.68. The van der Waals surface area contributed by atoms with E-state index in [1.807, 2.05) is 12.1 Å². The SMILES string of the molecule is O=C(NC1CCCCC1)C(c1ccco1)N(C(=O)Cn1nnc(-c2ccccc2F)n1)c1ccc(C2CCCCC2)cc1. The molecule has 2 aliphatic rings. The second-order valence-corrected chi connectivity index (χ2v) is 11.6. The highest BCUT2D eigenvalue weighted by Crippen LogP contribution is 2.35. The molecular weight excluding hydrogens is 547 g/mol. The van der Waals surface area contributed by atoms with Gasteiger partial charge in [0.1, 0.15) is 18.1 Å². The first-order valence-corrected chi connectivity index (χ1v) is 15.4. The van der Waals surface area contributed by atoms with Crippen LogP contribution in [-0.4, -0.2) is 38.1 Å². The number of amides is 2. The number of nitrogens with zero attached hydrogens (tertiary/aromatic N) is 5. The van der Waals surface area contributed by atoms with Gasteiger partial charge >= 0.3 is 0 Å². The molecule has 2 aromatic carbocycles. The van der Waals surface area contributed by atoms with Crippen molar-refractivity contribution in [3.05, 3.63) is 84.1 Å². The van der Waals surface area contributed by atoms with Crippen LogP contribution in [0.2, 0.25) is 0 Å². The van der Waals surface area contributed by atoms with Gasteiger partial charge in [0.2, 0.25) is 5.82 Å². The van der Waals surface area contributed by atoms with Crippen LogP contribution in [0.4, 0.5) is 10.1 Å². The minimum atomic E-state index is -1.04. The maximum absolute atomic E-state index is 14.4. The molecule has 224 valence electrons. The summed E-state index contributed by atoms with van der Waals surface area (Å²) in [7, 11) is 0. The summed E-state index contributed by atoms with van der Waals surface area (Å²) in [5, 5.41) is 15.5. The lowest BCUT2D eigenvalue weighted by Crippen LogP contribution is -2.48. The van der Waals surface area contributed by atoms with Crippen molar-refractivity contribution in [2.75, 3.05) is 4.90 Å². The zero-order valence-electron chi connectivity index (χ0n) is 24.2. The molecule has 4 aromatic rings. The molecule has 2 amide bonds. The third-order valence-corrected chi connectivity index (χ3v) is 8.63. The van der Waals surface area contributed by atoms with E-state index in [0.717, 1.165) is 49.7 Å². The van der Waals surface area contributed by atoms with Gasteiger partial charge in [-0.3, -0.25) is 14.5 Å². The minimum Gasteiger partial charge on any atom is -0.467 e. The topological polar surface area (TPSA) is 106 Å². The predicted octanol–water partition coefficient (Wildman–Crippen LogP) is 6.34. The average Bonchev–Trinajstić information content (AvgIpc) is 3.74. The van der Waals surface area contributed by atoms with E-state index in [0.29, 0.717) is 17.4 Å². The van der Waals surface area contributed by atoms with Crippen LogP contribution >= 0.6 is 0 Å². The quantitative estimate of drug-likeness (QED) is 0.246. The monoisotopic (exact) mass is 584 g/mol. The van der Waals surface area contributed by atoms with Gasteiger partial charge in [-0.15, -0.1) is 10.2 Å². The van der Waals surface area contributed by atoms with Crippen LogP contribution in [0.1, 0.15) is 87.5 Å². The molecule has 2 aliphatic carbocycles. The Hall–Kier alpha value is -4.34. The Labute approximate surface area is 250 Å². The summed E-state index contributed by atoms with van der Waals surface area (Å²) in [4.78, 5) is 30.7. The van der Waals surface area contributed by atoms with Crippen LogP contribution in [0.5, 0.6) is 0 Å². The number of rotatable bonds is 9. The first-order chi connectivity index (χ1) is 21.1. The molecule has 6 rings (SSSR count). The molecular formula is C33H37FN6O3. The summed E-state index contributed by atoms with van der Waals surface area (Å²) < 4.78 is 20.1. The molecule has 0 spiro atoms. The molecule has 0 aliphatic heterocycles. The smallest absolute Gasteiger partial charge is 0.251 e. The standard InChI is InChI=1S/C33H37FN6O3/c34-28-15-8-7-14-27(28)32-36-38-39(37-32)22-30(41)40(26-19-17-24(18-20-26)23-10-3-1-4-11-23)31(29-16-9-21-43-29)33(42)35-25-12-5-2-6-13-25/h7-9,14-21,23,25,31H,1-6,10-13,22H2,(H,35,42). The molecule has 43 heavy (non-hydrogen) atoms. The number of carbonyl (C=O) groups excluding carboxylic acids is 2. The molecule has 1 unspecified atom stereocenters. The first-order valence-electron chi connectivity index (χ1n) is 15.4. The van der Waals surface area contributed by atoms with Crippen molar-refractivity contribution in [1.82, 2.24) is 25.5 Å². The van der Waals surface area contributed by atoms with Crippen molar-refractivity contribution in [3.63, 3.8) is 0 Å². The van der Waals surface area contributed by atoms with Crippen molar-refractivity contribution in [3.8, 4) is 11.4 Å². The molecule has 0 radical (unpaired) electrons. The Kier molecular flexibility index (Phi) is 8.91. The summed E-state index contributed by atoms with van der Waals surface area (Å²) in [5.74, 6) is -0.277. The first kappa shape index (κ1) is 28.8. The van der Waals surface area contributed by atoms with Crippen molar-refractivity contribution in [1.29, 1.82) is 0 Å². The third-order valence-electron chi connectivity index (χ3n) is 8.63. The van der Waals surface area contributed by atoms with Gasteiger partial charge in [-0.25, -0.2) is 4.39 Å². The number of furan rings is 1. The number of benzene rings is 2. The number of aromatic nitrogens is 4. The molecule has 2 saturated carbocycles. The number of nitrogens with one attached hydrogen (secondary N) is 1. The fourth-order valence-corrected chi connectivity index (χ4v) is 6.39. The molecule has 2 aromatic heterocycles. The van der Waals surface area contributed by atoms with Crippen LogP contribution in [-0.2, 0) is 16.1 Å². The molecule has 0 saturated heterocycles. The van der Waals surface area contributed by atoms with Crippen molar-refractivity contribution in [2.24, 2.45) is 0 Å². The number of halogens is 1. The molecule has 0 bridgehead atoms. The van der Waals surface area contributed by atoms with Crippen LogP contribution in [0, 0.1) is 5.82 Å². The Bertz CT molecular complexity index is 1510. The van der Waals surface area contributed by atoms with E-state index in [-0.39, 0.29) is 29.9 Å². The normalized spacial score (nSPS) is 17.0. The lowest BCUT2D eigenvalue weighted by Gasteiger charge is -2.32. The molecule has 2 heterocycles. The van der Waals surface area contributed by atoms with Crippen LogP contribution in [0.3, 0.4) is 0 Å². The maximum atomic E-state index is 14.4. The highest BCUT2D eigenvalue weighted by Gasteiger charge is 2.36. The predicted molar refractivity (Wildman–Crippen MR) is 159 cm³/mol. The fraction of sp³-hybridized carbons (Fsp3) is 0.424. The Morgan fingerprint density at radius 1 is 0.930 bits per heavy atom.